The fraction of sp³-hybridized carbons (Fsp3) is 0.889. The van der Waals surface area contributed by atoms with Gasteiger partial charge in [-0.25, -0.2) is 0 Å². The maximum Gasteiger partial charge on any atom is 0.0268 e. The van der Waals surface area contributed by atoms with E-state index in [2.05, 4.69) is 16.8 Å². The van der Waals surface area contributed by atoms with Gasteiger partial charge in [-0.05, 0) is 31.7 Å². The van der Waals surface area contributed by atoms with Crippen LogP contribution in [0.5, 0.6) is 0 Å². The molecule has 1 saturated carbocycles. The first-order chi connectivity index (χ1) is 5.45. The summed E-state index contributed by atoms with van der Waals surface area (Å²) < 4.78 is 0. The van der Waals surface area contributed by atoms with E-state index >= 15 is 0 Å². The summed E-state index contributed by atoms with van der Waals surface area (Å²) in [4.78, 5) is 2.63. The lowest BCUT2D eigenvalue weighted by Crippen LogP contribution is -2.33. The van der Waals surface area contributed by atoms with Gasteiger partial charge in [0.1, 0.15) is 0 Å². The van der Waals surface area contributed by atoms with Crippen LogP contribution in [0.15, 0.2) is 0 Å². The van der Waals surface area contributed by atoms with Crippen molar-refractivity contribution in [3.05, 3.63) is 6.54 Å². The molecule has 2 nitrogen and oxygen atoms in total. The molecule has 2 heterocycles. The molecule has 1 N–H and O–H groups in total. The topological polar surface area (TPSA) is 15.3 Å². The van der Waals surface area contributed by atoms with Gasteiger partial charge in [-0.1, -0.05) is 0 Å². The summed E-state index contributed by atoms with van der Waals surface area (Å²) in [6, 6.07) is 1.80. The molecule has 3 rings (SSSR count). The van der Waals surface area contributed by atoms with Crippen LogP contribution >= 0.6 is 0 Å². The van der Waals surface area contributed by atoms with Gasteiger partial charge < -0.3 is 5.32 Å². The van der Waals surface area contributed by atoms with Crippen LogP contribution in [-0.2, 0) is 0 Å². The lowest BCUT2D eigenvalue weighted by Gasteiger charge is -2.21. The molecule has 61 valence electrons. The van der Waals surface area contributed by atoms with Crippen LogP contribution in [-0.4, -0.2) is 30.1 Å². The van der Waals surface area contributed by atoms with Crippen molar-refractivity contribution in [2.45, 2.75) is 31.3 Å². The number of fused-ring (bicyclic) bond motifs is 1. The predicted octanol–water partition coefficient (Wildman–Crippen LogP) is 0.604. The summed E-state index contributed by atoms with van der Waals surface area (Å²) in [6.45, 7) is 4.94. The van der Waals surface area contributed by atoms with Gasteiger partial charge in [0, 0.05) is 25.2 Å². The highest BCUT2D eigenvalue weighted by atomic mass is 15.3. The number of hydrogen-bond donors (Lipinski definition) is 1. The van der Waals surface area contributed by atoms with Crippen LogP contribution in [0.25, 0.3) is 0 Å². The predicted molar refractivity (Wildman–Crippen MR) is 43.9 cm³/mol. The normalized spacial score (nSPS) is 44.7. The summed E-state index contributed by atoms with van der Waals surface area (Å²) in [5, 5.41) is 3.48. The Hall–Kier alpha value is -0.0800. The summed E-state index contributed by atoms with van der Waals surface area (Å²) in [5.74, 6) is 0.940. The van der Waals surface area contributed by atoms with E-state index in [0.29, 0.717) is 0 Å². The summed E-state index contributed by atoms with van der Waals surface area (Å²) in [6.07, 6.45) is 4.22. The zero-order valence-electron chi connectivity index (χ0n) is 6.79. The van der Waals surface area contributed by atoms with E-state index < -0.39 is 0 Å². The van der Waals surface area contributed by atoms with Gasteiger partial charge in [-0.3, -0.25) is 4.90 Å². The van der Waals surface area contributed by atoms with Crippen molar-refractivity contribution in [1.29, 1.82) is 0 Å². The molecule has 1 aliphatic carbocycles. The van der Waals surface area contributed by atoms with Crippen molar-refractivity contribution in [3.8, 4) is 0 Å². The molecule has 0 aromatic rings. The molecule has 2 heteroatoms. The minimum absolute atomic E-state index is 0.863. The molecule has 2 unspecified atom stereocenters. The molecular formula is C9H15N2. The Morgan fingerprint density at radius 2 is 2.18 bits per heavy atom. The third-order valence-electron chi connectivity index (χ3n) is 3.27. The second-order valence-corrected chi connectivity index (χ2v) is 4.08. The van der Waals surface area contributed by atoms with Crippen molar-refractivity contribution < 1.29 is 0 Å². The highest BCUT2D eigenvalue weighted by Gasteiger charge is 2.43. The summed E-state index contributed by atoms with van der Waals surface area (Å²) >= 11 is 0. The van der Waals surface area contributed by atoms with Gasteiger partial charge in [0.2, 0.25) is 0 Å². The molecule has 3 aliphatic rings. The average Bonchev–Trinajstić information content (AvgIpc) is 2.63. The molecule has 0 amide bonds. The largest absolute Gasteiger partial charge is 0.315 e. The number of rotatable bonds is 1. The van der Waals surface area contributed by atoms with Crippen molar-refractivity contribution in [2.75, 3.05) is 13.1 Å². The van der Waals surface area contributed by atoms with Gasteiger partial charge in [-0.15, -0.1) is 0 Å². The summed E-state index contributed by atoms with van der Waals surface area (Å²) in [7, 11) is 0. The number of likely N-dealkylation sites (tertiary alicyclic amines) is 1. The fourth-order valence-electron chi connectivity index (χ4n) is 2.49. The first-order valence-corrected chi connectivity index (χ1v) is 4.76. The molecule has 0 aromatic carbocycles. The van der Waals surface area contributed by atoms with Crippen LogP contribution in [0.2, 0.25) is 0 Å². The van der Waals surface area contributed by atoms with Crippen molar-refractivity contribution in [2.24, 2.45) is 5.92 Å². The Bertz CT molecular complexity index is 165. The van der Waals surface area contributed by atoms with Crippen LogP contribution < -0.4 is 5.32 Å². The lowest BCUT2D eigenvalue weighted by molar-refractivity contribution is 0.273. The van der Waals surface area contributed by atoms with Crippen molar-refractivity contribution >= 4 is 0 Å². The van der Waals surface area contributed by atoms with Gasteiger partial charge in [0.25, 0.3) is 0 Å². The molecule has 2 atom stereocenters. The van der Waals surface area contributed by atoms with E-state index in [1.165, 1.54) is 32.4 Å². The Labute approximate surface area is 68.0 Å². The highest BCUT2D eigenvalue weighted by Crippen LogP contribution is 2.39. The van der Waals surface area contributed by atoms with E-state index in [-0.39, 0.29) is 0 Å². The Balaban J connectivity index is 1.75. The van der Waals surface area contributed by atoms with Crippen molar-refractivity contribution in [1.82, 2.24) is 10.2 Å². The van der Waals surface area contributed by atoms with Gasteiger partial charge >= 0.3 is 0 Å². The average molecular weight is 151 g/mol. The van der Waals surface area contributed by atoms with Gasteiger partial charge in [0.15, 0.2) is 0 Å². The molecule has 3 fully saturated rings. The minimum Gasteiger partial charge on any atom is -0.315 e. The fourth-order valence-corrected chi connectivity index (χ4v) is 2.49. The van der Waals surface area contributed by atoms with Crippen LogP contribution in [0.1, 0.15) is 19.3 Å². The Kier molecular flexibility index (Phi) is 1.29. The van der Waals surface area contributed by atoms with E-state index in [4.69, 9.17) is 0 Å². The van der Waals surface area contributed by atoms with E-state index in [0.717, 1.165) is 18.0 Å². The maximum atomic E-state index is 3.48. The van der Waals surface area contributed by atoms with Gasteiger partial charge in [0.05, 0.1) is 0 Å². The van der Waals surface area contributed by atoms with Gasteiger partial charge in [-0.2, -0.15) is 0 Å². The van der Waals surface area contributed by atoms with Crippen LogP contribution in [0, 0.1) is 12.5 Å². The molecular weight excluding hydrogens is 136 g/mol. The molecule has 0 spiro atoms. The van der Waals surface area contributed by atoms with E-state index in [1.807, 2.05) is 0 Å². The molecule has 11 heavy (non-hydrogen) atoms. The second-order valence-electron chi connectivity index (χ2n) is 4.08. The number of hydrogen-bond acceptors (Lipinski definition) is 2. The van der Waals surface area contributed by atoms with Crippen LogP contribution in [0.4, 0.5) is 0 Å². The Morgan fingerprint density at radius 3 is 3.00 bits per heavy atom. The Morgan fingerprint density at radius 1 is 1.27 bits per heavy atom. The molecule has 0 aromatic heterocycles. The van der Waals surface area contributed by atoms with Crippen LogP contribution in [0.3, 0.4) is 0 Å². The quantitative estimate of drug-likeness (QED) is 0.590. The monoisotopic (exact) mass is 151 g/mol. The molecule has 1 radical (unpaired) electrons. The standard InChI is InChI=1S/C9H15N2/c1-2-8(1)11-4-3-7-5-10-6-9(7)11/h4,7-10H,1-3,5-6H2. The second kappa shape index (κ2) is 2.20. The third kappa shape index (κ3) is 0.926. The zero-order chi connectivity index (χ0) is 7.26. The lowest BCUT2D eigenvalue weighted by atomic mass is 10.1. The molecule has 2 aliphatic heterocycles. The first kappa shape index (κ1) is 6.44. The smallest absolute Gasteiger partial charge is 0.0268 e. The molecule has 2 saturated heterocycles. The highest BCUT2D eigenvalue weighted by molar-refractivity contribution is 5.04. The minimum atomic E-state index is 0.863. The zero-order valence-corrected chi connectivity index (χ0v) is 6.79. The molecule has 0 bridgehead atoms. The van der Waals surface area contributed by atoms with E-state index in [9.17, 15) is 0 Å². The van der Waals surface area contributed by atoms with E-state index in [1.54, 1.807) is 0 Å². The first-order valence-electron chi connectivity index (χ1n) is 4.76. The van der Waals surface area contributed by atoms with Crippen molar-refractivity contribution in [3.63, 3.8) is 0 Å². The number of nitrogens with zero attached hydrogens (tertiary/aromatic N) is 1. The SMILES string of the molecule is [CH]1CC2CNCC2N1C1CC1. The number of nitrogens with one attached hydrogen (secondary N) is 1. The summed E-state index contributed by atoms with van der Waals surface area (Å²) in [5.41, 5.74) is 0. The third-order valence-corrected chi connectivity index (χ3v) is 3.27. The maximum absolute atomic E-state index is 3.48.